The minimum absolute atomic E-state index is 0.328. The molecular formula is C18H17F2N3O2. The second kappa shape index (κ2) is 7.29. The molecule has 1 saturated heterocycles. The van der Waals surface area contributed by atoms with Crippen molar-refractivity contribution in [1.82, 2.24) is 4.90 Å². The lowest BCUT2D eigenvalue weighted by Crippen LogP contribution is -2.45. The zero-order valence-corrected chi connectivity index (χ0v) is 13.3. The molecule has 2 N–H and O–H groups in total. The van der Waals surface area contributed by atoms with Crippen molar-refractivity contribution in [3.8, 4) is 0 Å². The van der Waals surface area contributed by atoms with Gasteiger partial charge in [-0.3, -0.25) is 4.79 Å². The zero-order chi connectivity index (χ0) is 17.8. The molecule has 1 fully saturated rings. The minimum Gasteiger partial charge on any atom is -0.324 e. The van der Waals surface area contributed by atoms with Crippen LogP contribution in [0, 0.1) is 11.6 Å². The summed E-state index contributed by atoms with van der Waals surface area (Å²) in [5, 5.41) is 5.28. The maximum atomic E-state index is 13.2. The maximum absolute atomic E-state index is 13.2. The van der Waals surface area contributed by atoms with Gasteiger partial charge in [0.1, 0.15) is 17.7 Å². The molecule has 1 atom stereocenters. The van der Waals surface area contributed by atoms with Gasteiger partial charge in [-0.25, -0.2) is 13.6 Å². The molecule has 7 heteroatoms. The molecule has 130 valence electrons. The molecule has 0 radical (unpaired) electrons. The summed E-state index contributed by atoms with van der Waals surface area (Å²) in [6, 6.07) is 9.89. The van der Waals surface area contributed by atoms with Crippen LogP contribution in [0.2, 0.25) is 0 Å². The van der Waals surface area contributed by atoms with Crippen LogP contribution < -0.4 is 10.6 Å². The topological polar surface area (TPSA) is 61.4 Å². The number of amides is 3. The summed E-state index contributed by atoms with van der Waals surface area (Å²) in [5.41, 5.74) is 0.790. The first kappa shape index (κ1) is 16.9. The molecule has 25 heavy (non-hydrogen) atoms. The van der Waals surface area contributed by atoms with Crippen molar-refractivity contribution in [3.63, 3.8) is 0 Å². The summed E-state index contributed by atoms with van der Waals surface area (Å²) in [4.78, 5) is 26.3. The van der Waals surface area contributed by atoms with Crippen LogP contribution in [0.4, 0.5) is 25.0 Å². The van der Waals surface area contributed by atoms with E-state index in [0.717, 1.165) is 0 Å². The number of benzene rings is 2. The number of halogens is 2. The third-order valence-electron chi connectivity index (χ3n) is 4.00. The van der Waals surface area contributed by atoms with Gasteiger partial charge >= 0.3 is 6.03 Å². The van der Waals surface area contributed by atoms with Crippen LogP contribution in [0.1, 0.15) is 12.8 Å². The van der Waals surface area contributed by atoms with Gasteiger partial charge in [-0.1, -0.05) is 6.07 Å². The van der Waals surface area contributed by atoms with Crippen LogP contribution in [0.25, 0.3) is 0 Å². The van der Waals surface area contributed by atoms with Gasteiger partial charge in [-0.05, 0) is 55.3 Å². The number of rotatable bonds is 3. The molecule has 0 aromatic heterocycles. The van der Waals surface area contributed by atoms with Gasteiger partial charge in [0, 0.05) is 17.9 Å². The predicted octanol–water partition coefficient (Wildman–Crippen LogP) is 3.60. The van der Waals surface area contributed by atoms with Crippen molar-refractivity contribution >= 4 is 23.3 Å². The van der Waals surface area contributed by atoms with Gasteiger partial charge in [-0.2, -0.15) is 0 Å². The third-order valence-corrected chi connectivity index (χ3v) is 4.00. The number of carbonyl (C=O) groups is 2. The number of nitrogens with one attached hydrogen (secondary N) is 2. The monoisotopic (exact) mass is 345 g/mol. The first-order valence-electron chi connectivity index (χ1n) is 7.92. The summed E-state index contributed by atoms with van der Waals surface area (Å²) in [7, 11) is 0. The molecule has 3 amide bonds. The molecule has 2 aromatic rings. The van der Waals surface area contributed by atoms with Crippen LogP contribution >= 0.6 is 0 Å². The molecule has 0 spiro atoms. The highest BCUT2D eigenvalue weighted by atomic mass is 19.1. The van der Waals surface area contributed by atoms with Gasteiger partial charge in [0.05, 0.1) is 0 Å². The van der Waals surface area contributed by atoms with Crippen molar-refractivity contribution in [2.75, 3.05) is 17.2 Å². The average Bonchev–Trinajstić information content (AvgIpc) is 3.07. The Kier molecular flexibility index (Phi) is 4.92. The first-order valence-corrected chi connectivity index (χ1v) is 7.92. The zero-order valence-electron chi connectivity index (χ0n) is 13.3. The van der Waals surface area contributed by atoms with Crippen LogP contribution in [0.3, 0.4) is 0 Å². The van der Waals surface area contributed by atoms with E-state index in [1.165, 1.54) is 47.4 Å². The van der Waals surface area contributed by atoms with Crippen molar-refractivity contribution in [2.45, 2.75) is 18.9 Å². The second-order valence-corrected chi connectivity index (χ2v) is 5.79. The quantitative estimate of drug-likeness (QED) is 0.893. The lowest BCUT2D eigenvalue weighted by atomic mass is 10.2. The van der Waals surface area contributed by atoms with Crippen molar-refractivity contribution in [3.05, 3.63) is 60.2 Å². The Bertz CT molecular complexity index is 780. The van der Waals surface area contributed by atoms with Gasteiger partial charge in [0.2, 0.25) is 5.91 Å². The van der Waals surface area contributed by atoms with Crippen molar-refractivity contribution < 1.29 is 18.4 Å². The van der Waals surface area contributed by atoms with E-state index in [-0.39, 0.29) is 5.91 Å². The van der Waals surface area contributed by atoms with Gasteiger partial charge in [-0.15, -0.1) is 0 Å². The molecule has 0 aliphatic carbocycles. The van der Waals surface area contributed by atoms with Crippen LogP contribution in [0.5, 0.6) is 0 Å². The van der Waals surface area contributed by atoms with Gasteiger partial charge in [0.25, 0.3) is 0 Å². The van der Waals surface area contributed by atoms with Crippen LogP contribution in [-0.4, -0.2) is 29.4 Å². The van der Waals surface area contributed by atoms with Crippen LogP contribution in [-0.2, 0) is 4.79 Å². The number of anilines is 2. The highest BCUT2D eigenvalue weighted by molar-refractivity contribution is 5.99. The van der Waals surface area contributed by atoms with E-state index in [0.29, 0.717) is 30.8 Å². The normalized spacial score (nSPS) is 16.6. The Morgan fingerprint density at radius 2 is 1.72 bits per heavy atom. The lowest BCUT2D eigenvalue weighted by Gasteiger charge is -2.24. The number of hydrogen-bond acceptors (Lipinski definition) is 2. The Morgan fingerprint density at radius 1 is 0.960 bits per heavy atom. The molecule has 5 nitrogen and oxygen atoms in total. The fourth-order valence-electron chi connectivity index (χ4n) is 2.80. The first-order chi connectivity index (χ1) is 12.0. The van der Waals surface area contributed by atoms with Crippen molar-refractivity contribution in [2.24, 2.45) is 0 Å². The number of urea groups is 1. The Balaban J connectivity index is 1.65. The molecule has 1 heterocycles. The largest absolute Gasteiger partial charge is 0.324 e. The predicted molar refractivity (Wildman–Crippen MR) is 90.2 cm³/mol. The molecule has 0 bridgehead atoms. The molecule has 1 aliphatic rings. The van der Waals surface area contributed by atoms with E-state index >= 15 is 0 Å². The minimum atomic E-state index is -0.626. The SMILES string of the molecule is O=C(Nc1ccc(F)cc1)[C@H]1CCCN1C(=O)Nc1cccc(F)c1. The van der Waals surface area contributed by atoms with Crippen molar-refractivity contribution in [1.29, 1.82) is 0 Å². The highest BCUT2D eigenvalue weighted by Gasteiger charge is 2.34. The molecular weight excluding hydrogens is 328 g/mol. The third kappa shape index (κ3) is 4.12. The standard InChI is InChI=1S/C18H17F2N3O2/c19-12-6-8-14(9-7-12)21-17(24)16-5-2-10-23(16)18(25)22-15-4-1-3-13(20)11-15/h1,3-4,6-9,11,16H,2,5,10H2,(H,21,24)(H,22,25)/t16-/m1/s1. The number of likely N-dealkylation sites (tertiary alicyclic amines) is 1. The van der Waals surface area contributed by atoms with E-state index in [2.05, 4.69) is 10.6 Å². The Labute approximate surface area is 143 Å². The summed E-state index contributed by atoms with van der Waals surface area (Å²) >= 11 is 0. The summed E-state index contributed by atoms with van der Waals surface area (Å²) in [5.74, 6) is -1.18. The van der Waals surface area contributed by atoms with Gasteiger partial charge < -0.3 is 15.5 Å². The summed E-state index contributed by atoms with van der Waals surface area (Å²) < 4.78 is 26.1. The fraction of sp³-hybridized carbons (Fsp3) is 0.222. The Morgan fingerprint density at radius 3 is 2.44 bits per heavy atom. The van der Waals surface area contributed by atoms with E-state index in [1.54, 1.807) is 6.07 Å². The highest BCUT2D eigenvalue weighted by Crippen LogP contribution is 2.21. The maximum Gasteiger partial charge on any atom is 0.322 e. The fourth-order valence-corrected chi connectivity index (χ4v) is 2.80. The smallest absolute Gasteiger partial charge is 0.322 e. The van der Waals surface area contributed by atoms with E-state index in [9.17, 15) is 18.4 Å². The average molecular weight is 345 g/mol. The second-order valence-electron chi connectivity index (χ2n) is 5.79. The summed E-state index contributed by atoms with van der Waals surface area (Å²) in [6.45, 7) is 0.433. The number of nitrogens with zero attached hydrogens (tertiary/aromatic N) is 1. The van der Waals surface area contributed by atoms with Gasteiger partial charge in [0.15, 0.2) is 0 Å². The van der Waals surface area contributed by atoms with Crippen LogP contribution in [0.15, 0.2) is 48.5 Å². The molecule has 2 aromatic carbocycles. The lowest BCUT2D eigenvalue weighted by molar-refractivity contribution is -0.119. The summed E-state index contributed by atoms with van der Waals surface area (Å²) in [6.07, 6.45) is 1.22. The molecule has 0 saturated carbocycles. The molecule has 3 rings (SSSR count). The molecule has 1 aliphatic heterocycles. The molecule has 0 unspecified atom stereocenters. The van der Waals surface area contributed by atoms with E-state index in [4.69, 9.17) is 0 Å². The van der Waals surface area contributed by atoms with E-state index in [1.807, 2.05) is 0 Å². The Hall–Kier alpha value is -2.96. The number of carbonyl (C=O) groups excluding carboxylic acids is 2. The van der Waals surface area contributed by atoms with E-state index < -0.39 is 23.7 Å². The number of hydrogen-bond donors (Lipinski definition) is 2.